The monoisotopic (exact) mass is 301 g/mol. The molecule has 5 nitrogen and oxygen atoms in total. The van der Waals surface area contributed by atoms with Crippen LogP contribution < -0.4 is 4.74 Å². The van der Waals surface area contributed by atoms with Crippen LogP contribution in [0.5, 0.6) is 11.5 Å². The Morgan fingerprint density at radius 1 is 1.41 bits per heavy atom. The second kappa shape index (κ2) is 3.84. The number of likely N-dealkylation sites (N-methyl/N-ethyl adjacent to an activating group) is 1. The third-order valence-electron chi connectivity index (χ3n) is 6.44. The molecule has 0 amide bonds. The Morgan fingerprint density at radius 2 is 2.23 bits per heavy atom. The van der Waals surface area contributed by atoms with Gasteiger partial charge in [-0.05, 0) is 44.0 Å². The average molecular weight is 301 g/mol. The van der Waals surface area contributed by atoms with Gasteiger partial charge in [0, 0.05) is 23.4 Å². The number of phenols is 1. The van der Waals surface area contributed by atoms with Crippen LogP contribution in [0.2, 0.25) is 0 Å². The third-order valence-corrected chi connectivity index (χ3v) is 6.44. The van der Waals surface area contributed by atoms with Crippen molar-refractivity contribution in [3.8, 4) is 11.5 Å². The summed E-state index contributed by atoms with van der Waals surface area (Å²) in [5, 5.41) is 21.1. The van der Waals surface area contributed by atoms with Crippen LogP contribution in [0.25, 0.3) is 0 Å². The molecule has 5 atom stereocenters. The Morgan fingerprint density at radius 3 is 3.05 bits per heavy atom. The van der Waals surface area contributed by atoms with E-state index in [9.17, 15) is 15.0 Å². The van der Waals surface area contributed by atoms with Crippen LogP contribution in [-0.2, 0) is 10.2 Å². The van der Waals surface area contributed by atoms with Crippen molar-refractivity contribution in [3.63, 3.8) is 0 Å². The number of aliphatic hydroxyl groups excluding tert-OH is 1. The zero-order chi connectivity index (χ0) is 15.2. The first-order chi connectivity index (χ1) is 10.6. The summed E-state index contributed by atoms with van der Waals surface area (Å²) in [6.07, 6.45) is 1.06. The van der Waals surface area contributed by atoms with E-state index in [4.69, 9.17) is 4.74 Å². The number of carbonyl (C=O) groups is 1. The average Bonchev–Trinajstić information content (AvgIpc) is 2.85. The maximum Gasteiger partial charge on any atom is 0.174 e. The Balaban J connectivity index is 1.86. The molecular formula is C17H19NO4. The van der Waals surface area contributed by atoms with Gasteiger partial charge in [-0.3, -0.25) is 4.79 Å². The van der Waals surface area contributed by atoms with Crippen molar-refractivity contribution in [1.29, 1.82) is 0 Å². The molecule has 5 heteroatoms. The number of ketones is 1. The number of hydrogen-bond donors (Lipinski definition) is 2. The number of aliphatic hydroxyl groups is 1. The summed E-state index contributed by atoms with van der Waals surface area (Å²) in [5.74, 6) is 0.862. The molecule has 1 aromatic rings. The molecule has 2 heterocycles. The predicted molar refractivity (Wildman–Crippen MR) is 77.9 cm³/mol. The summed E-state index contributed by atoms with van der Waals surface area (Å²) in [4.78, 5) is 14.7. The van der Waals surface area contributed by atoms with Crippen LogP contribution >= 0.6 is 0 Å². The summed E-state index contributed by atoms with van der Waals surface area (Å²) in [6.45, 7) is 0.833. The van der Waals surface area contributed by atoms with Gasteiger partial charge in [0.2, 0.25) is 0 Å². The Labute approximate surface area is 128 Å². The summed E-state index contributed by atoms with van der Waals surface area (Å²) in [5.41, 5.74) is 1.39. The van der Waals surface area contributed by atoms with E-state index >= 15 is 0 Å². The quantitative estimate of drug-likeness (QED) is 0.751. The molecule has 1 aromatic carbocycles. The molecule has 116 valence electrons. The fourth-order valence-corrected chi connectivity index (χ4v) is 5.59. The first-order valence-electron chi connectivity index (χ1n) is 7.99. The van der Waals surface area contributed by atoms with Crippen LogP contribution in [-0.4, -0.2) is 46.6 Å². The molecule has 0 unspecified atom stereocenters. The molecule has 1 spiro atoms. The Hall–Kier alpha value is -1.59. The van der Waals surface area contributed by atoms with Crippen LogP contribution in [0.15, 0.2) is 12.1 Å². The van der Waals surface area contributed by atoms with Crippen LogP contribution in [0.3, 0.4) is 0 Å². The first-order valence-corrected chi connectivity index (χ1v) is 7.99. The van der Waals surface area contributed by atoms with E-state index in [0.717, 1.165) is 30.5 Å². The molecule has 0 radical (unpaired) electrons. The number of benzene rings is 1. The second-order valence-corrected chi connectivity index (χ2v) is 7.19. The number of aromatic hydroxyl groups is 1. The van der Waals surface area contributed by atoms with Gasteiger partial charge in [0.05, 0.1) is 6.10 Å². The molecule has 4 aliphatic rings. The molecule has 22 heavy (non-hydrogen) atoms. The number of Topliss-reactive ketones (excluding diaryl/α,β-unsaturated/α-hetero) is 1. The summed E-state index contributed by atoms with van der Waals surface area (Å²) < 4.78 is 5.98. The second-order valence-electron chi connectivity index (χ2n) is 7.19. The number of nitrogens with zero attached hydrogens (tertiary/aromatic N) is 1. The number of piperidine rings is 1. The minimum atomic E-state index is -0.590. The number of hydrogen-bond acceptors (Lipinski definition) is 5. The molecule has 5 rings (SSSR count). The molecule has 2 fully saturated rings. The van der Waals surface area contributed by atoms with E-state index in [1.54, 1.807) is 12.1 Å². The van der Waals surface area contributed by atoms with E-state index in [2.05, 4.69) is 4.90 Å². The minimum Gasteiger partial charge on any atom is -0.504 e. The van der Waals surface area contributed by atoms with E-state index in [1.165, 1.54) is 0 Å². The smallest absolute Gasteiger partial charge is 0.174 e. The highest BCUT2D eigenvalue weighted by Crippen LogP contribution is 2.64. The third kappa shape index (κ3) is 1.19. The van der Waals surface area contributed by atoms with Crippen molar-refractivity contribution in [2.45, 2.75) is 42.9 Å². The molecule has 0 aromatic heterocycles. The van der Waals surface area contributed by atoms with Crippen molar-refractivity contribution < 1.29 is 19.7 Å². The zero-order valence-electron chi connectivity index (χ0n) is 12.5. The summed E-state index contributed by atoms with van der Waals surface area (Å²) >= 11 is 0. The minimum absolute atomic E-state index is 0.0240. The molecule has 1 saturated carbocycles. The van der Waals surface area contributed by atoms with Gasteiger partial charge in [0.15, 0.2) is 23.4 Å². The largest absolute Gasteiger partial charge is 0.504 e. The van der Waals surface area contributed by atoms with Gasteiger partial charge in [-0.1, -0.05) is 6.07 Å². The molecule has 1 saturated heterocycles. The SMILES string of the molecule is CN1CC[C@]23c4c5ccc(O)c4O[C@H]2C(=O)CC[C@H]3[C@@H]1[C@@H]5O. The lowest BCUT2D eigenvalue weighted by atomic mass is 9.51. The van der Waals surface area contributed by atoms with Crippen molar-refractivity contribution in [2.75, 3.05) is 13.6 Å². The maximum absolute atomic E-state index is 12.5. The molecular weight excluding hydrogens is 282 g/mol. The lowest BCUT2D eigenvalue weighted by Crippen LogP contribution is -2.66. The number of ether oxygens (including phenoxy) is 1. The van der Waals surface area contributed by atoms with E-state index in [-0.39, 0.29) is 28.9 Å². The van der Waals surface area contributed by atoms with E-state index in [1.807, 2.05) is 7.05 Å². The van der Waals surface area contributed by atoms with E-state index in [0.29, 0.717) is 12.2 Å². The van der Waals surface area contributed by atoms with Gasteiger partial charge in [0.1, 0.15) is 0 Å². The maximum atomic E-state index is 12.5. The van der Waals surface area contributed by atoms with Crippen LogP contribution in [0, 0.1) is 5.92 Å². The standard InChI is InChI=1S/C17H19NO4/c1-18-7-6-17-9-3-5-11(20)16(17)22-15-10(19)4-2-8(12(15)17)14(21)13(9)18/h2,4,9,13-14,16,19,21H,3,5-7H2,1H3/t9-,13+,14+,16-,17-/m0/s1. The highest BCUT2D eigenvalue weighted by molar-refractivity contribution is 5.89. The highest BCUT2D eigenvalue weighted by atomic mass is 16.5. The lowest BCUT2D eigenvalue weighted by molar-refractivity contribution is -0.143. The molecule has 2 bridgehead atoms. The Bertz CT molecular complexity index is 702. The predicted octanol–water partition coefficient (Wildman–Crippen LogP) is 1.12. The van der Waals surface area contributed by atoms with Gasteiger partial charge in [-0.25, -0.2) is 0 Å². The van der Waals surface area contributed by atoms with Crippen molar-refractivity contribution in [1.82, 2.24) is 4.90 Å². The fourth-order valence-electron chi connectivity index (χ4n) is 5.59. The van der Waals surface area contributed by atoms with Gasteiger partial charge in [0.25, 0.3) is 0 Å². The van der Waals surface area contributed by atoms with Crippen LogP contribution in [0.1, 0.15) is 36.5 Å². The van der Waals surface area contributed by atoms with Gasteiger partial charge in [-0.2, -0.15) is 0 Å². The highest BCUT2D eigenvalue weighted by Gasteiger charge is 2.67. The van der Waals surface area contributed by atoms with Crippen molar-refractivity contribution in [3.05, 3.63) is 23.3 Å². The fraction of sp³-hybridized carbons (Fsp3) is 0.588. The van der Waals surface area contributed by atoms with Crippen molar-refractivity contribution >= 4 is 5.78 Å². The van der Waals surface area contributed by atoms with Crippen LogP contribution in [0.4, 0.5) is 0 Å². The number of rotatable bonds is 0. The summed E-state index contributed by atoms with van der Waals surface area (Å²) in [7, 11) is 2.05. The topological polar surface area (TPSA) is 70.0 Å². The number of likely N-dealkylation sites (tertiary alicyclic amines) is 1. The molecule has 2 aliphatic heterocycles. The number of phenolic OH excluding ortho intramolecular Hbond substituents is 1. The molecule has 2 N–H and O–H groups in total. The van der Waals surface area contributed by atoms with Crippen molar-refractivity contribution in [2.24, 2.45) is 5.92 Å². The Kier molecular flexibility index (Phi) is 2.25. The number of carbonyl (C=O) groups excluding carboxylic acids is 1. The molecule has 2 aliphatic carbocycles. The summed E-state index contributed by atoms with van der Waals surface area (Å²) in [6, 6.07) is 3.40. The first kappa shape index (κ1) is 12.9. The van der Waals surface area contributed by atoms with Gasteiger partial charge < -0.3 is 19.8 Å². The normalized spacial score (nSPS) is 42.0. The van der Waals surface area contributed by atoms with Gasteiger partial charge in [-0.15, -0.1) is 0 Å². The zero-order valence-corrected chi connectivity index (χ0v) is 12.5. The van der Waals surface area contributed by atoms with Gasteiger partial charge >= 0.3 is 0 Å². The lowest BCUT2D eigenvalue weighted by Gasteiger charge is -2.58. The van der Waals surface area contributed by atoms with E-state index < -0.39 is 12.2 Å².